The largest absolute Gasteiger partial charge is 0.487 e. The van der Waals surface area contributed by atoms with Crippen molar-refractivity contribution in [3.63, 3.8) is 0 Å². The van der Waals surface area contributed by atoms with Gasteiger partial charge < -0.3 is 9.84 Å². The quantitative estimate of drug-likeness (QED) is 0.621. The number of rotatable bonds is 5. The summed E-state index contributed by atoms with van der Waals surface area (Å²) in [5.41, 5.74) is 0.863. The Morgan fingerprint density at radius 1 is 1.56 bits per heavy atom. The van der Waals surface area contributed by atoms with Gasteiger partial charge in [0.05, 0.1) is 30.2 Å². The molecule has 0 amide bonds. The Morgan fingerprint density at radius 2 is 2.33 bits per heavy atom. The van der Waals surface area contributed by atoms with Gasteiger partial charge in [-0.15, -0.1) is 5.10 Å². The van der Waals surface area contributed by atoms with E-state index in [-0.39, 0.29) is 24.6 Å². The van der Waals surface area contributed by atoms with Gasteiger partial charge in [0, 0.05) is 12.1 Å². The number of aliphatic hydroxyl groups is 1. The van der Waals surface area contributed by atoms with Crippen LogP contribution in [0, 0.1) is 10.1 Å². The fourth-order valence-electron chi connectivity index (χ4n) is 1.66. The topological polar surface area (TPSA) is 103 Å². The zero-order valence-corrected chi connectivity index (χ0v) is 9.74. The van der Waals surface area contributed by atoms with Gasteiger partial charge in [0.15, 0.2) is 5.75 Å². The van der Waals surface area contributed by atoms with Crippen molar-refractivity contribution in [2.45, 2.75) is 13.5 Å². The Balaban J connectivity index is 2.59. The summed E-state index contributed by atoms with van der Waals surface area (Å²) in [6, 6.07) is 2.84. The van der Waals surface area contributed by atoms with Crippen LogP contribution in [0.1, 0.15) is 6.92 Å². The summed E-state index contributed by atoms with van der Waals surface area (Å²) >= 11 is 0. The van der Waals surface area contributed by atoms with Crippen molar-refractivity contribution in [2.24, 2.45) is 0 Å². The minimum absolute atomic E-state index is 0.112. The number of benzene rings is 1. The Hall–Kier alpha value is -2.22. The molecular weight excluding hydrogens is 240 g/mol. The van der Waals surface area contributed by atoms with Gasteiger partial charge in [0.1, 0.15) is 5.52 Å². The van der Waals surface area contributed by atoms with E-state index < -0.39 is 4.92 Å². The van der Waals surface area contributed by atoms with Gasteiger partial charge in [-0.1, -0.05) is 5.21 Å². The van der Waals surface area contributed by atoms with E-state index in [1.165, 1.54) is 16.8 Å². The first-order valence-corrected chi connectivity index (χ1v) is 5.42. The van der Waals surface area contributed by atoms with Crippen molar-refractivity contribution >= 4 is 16.7 Å². The van der Waals surface area contributed by atoms with Crippen molar-refractivity contribution in [2.75, 3.05) is 13.2 Å². The molecular formula is C10H12N4O4. The molecule has 0 bridgehead atoms. The highest BCUT2D eigenvalue weighted by Gasteiger charge is 2.19. The minimum atomic E-state index is -0.513. The molecule has 0 radical (unpaired) electrons. The highest BCUT2D eigenvalue weighted by atomic mass is 16.6. The summed E-state index contributed by atoms with van der Waals surface area (Å²) in [7, 11) is 0. The van der Waals surface area contributed by atoms with Gasteiger partial charge in [-0.2, -0.15) is 0 Å². The van der Waals surface area contributed by atoms with E-state index in [0.29, 0.717) is 17.6 Å². The summed E-state index contributed by atoms with van der Waals surface area (Å²) in [6.07, 6.45) is 0. The molecule has 0 atom stereocenters. The maximum absolute atomic E-state index is 11.0. The van der Waals surface area contributed by atoms with Crippen molar-refractivity contribution in [1.29, 1.82) is 0 Å². The van der Waals surface area contributed by atoms with E-state index in [1.807, 2.05) is 0 Å². The lowest BCUT2D eigenvalue weighted by molar-refractivity contribution is -0.385. The second kappa shape index (κ2) is 4.96. The zero-order chi connectivity index (χ0) is 13.1. The SMILES string of the molecule is CCOc1cc2nnn(CCO)c2cc1[N+](=O)[O-]. The average molecular weight is 252 g/mol. The first kappa shape index (κ1) is 12.2. The minimum Gasteiger partial charge on any atom is -0.487 e. The van der Waals surface area contributed by atoms with Crippen LogP contribution in [0.4, 0.5) is 5.69 Å². The highest BCUT2D eigenvalue weighted by molar-refractivity contribution is 5.80. The Bertz CT molecular complexity index is 581. The molecule has 8 heteroatoms. The monoisotopic (exact) mass is 252 g/mol. The fourth-order valence-corrected chi connectivity index (χ4v) is 1.66. The fraction of sp³-hybridized carbons (Fsp3) is 0.400. The number of hydrogen-bond donors (Lipinski definition) is 1. The van der Waals surface area contributed by atoms with Crippen molar-refractivity contribution in [3.05, 3.63) is 22.2 Å². The Morgan fingerprint density at radius 3 is 2.94 bits per heavy atom. The maximum Gasteiger partial charge on any atom is 0.313 e. The molecule has 0 spiro atoms. The molecule has 18 heavy (non-hydrogen) atoms. The molecule has 0 saturated heterocycles. The lowest BCUT2D eigenvalue weighted by atomic mass is 10.2. The van der Waals surface area contributed by atoms with Crippen molar-refractivity contribution in [3.8, 4) is 5.75 Å². The molecule has 2 aromatic rings. The van der Waals surface area contributed by atoms with Gasteiger partial charge in [-0.3, -0.25) is 10.1 Å². The molecule has 1 heterocycles. The van der Waals surface area contributed by atoms with E-state index in [0.717, 1.165) is 0 Å². The number of nitro groups is 1. The first-order valence-electron chi connectivity index (χ1n) is 5.42. The molecule has 2 rings (SSSR count). The molecule has 1 aromatic heterocycles. The Labute approximate surface area is 102 Å². The van der Waals surface area contributed by atoms with E-state index in [1.54, 1.807) is 6.92 Å². The number of aromatic nitrogens is 3. The smallest absolute Gasteiger partial charge is 0.313 e. The second-order valence-corrected chi connectivity index (χ2v) is 3.53. The Kier molecular flexibility index (Phi) is 3.38. The summed E-state index contributed by atoms with van der Waals surface area (Å²) < 4.78 is 6.62. The molecule has 0 saturated carbocycles. The number of hydrogen-bond acceptors (Lipinski definition) is 6. The molecule has 1 N–H and O–H groups in total. The molecule has 0 unspecified atom stereocenters. The van der Waals surface area contributed by atoms with Crippen LogP contribution in [0.5, 0.6) is 5.75 Å². The first-order chi connectivity index (χ1) is 8.67. The van der Waals surface area contributed by atoms with Gasteiger partial charge in [-0.05, 0) is 6.92 Å². The average Bonchev–Trinajstić information content (AvgIpc) is 2.71. The maximum atomic E-state index is 11.0. The highest BCUT2D eigenvalue weighted by Crippen LogP contribution is 2.31. The number of fused-ring (bicyclic) bond motifs is 1. The van der Waals surface area contributed by atoms with E-state index in [2.05, 4.69) is 10.3 Å². The van der Waals surface area contributed by atoms with Crippen LogP contribution in [-0.4, -0.2) is 38.2 Å². The van der Waals surface area contributed by atoms with E-state index in [4.69, 9.17) is 9.84 Å². The molecule has 0 fully saturated rings. The number of nitro benzene ring substituents is 1. The lowest BCUT2D eigenvalue weighted by Gasteiger charge is -2.04. The molecule has 0 aliphatic carbocycles. The molecule has 8 nitrogen and oxygen atoms in total. The van der Waals surface area contributed by atoms with E-state index >= 15 is 0 Å². The van der Waals surface area contributed by atoms with Gasteiger partial charge in [-0.25, -0.2) is 4.68 Å². The third-order valence-electron chi connectivity index (χ3n) is 2.40. The lowest BCUT2D eigenvalue weighted by Crippen LogP contribution is -2.04. The van der Waals surface area contributed by atoms with Gasteiger partial charge >= 0.3 is 5.69 Å². The van der Waals surface area contributed by atoms with Crippen LogP contribution in [0.2, 0.25) is 0 Å². The molecule has 1 aromatic carbocycles. The molecule has 0 aliphatic rings. The van der Waals surface area contributed by atoms with Crippen LogP contribution in [0.15, 0.2) is 12.1 Å². The number of aliphatic hydroxyl groups excluding tert-OH is 1. The van der Waals surface area contributed by atoms with Crippen LogP contribution < -0.4 is 4.74 Å². The summed E-state index contributed by atoms with van der Waals surface area (Å²) in [5, 5.41) is 27.5. The van der Waals surface area contributed by atoms with Crippen LogP contribution in [0.3, 0.4) is 0 Å². The van der Waals surface area contributed by atoms with Crippen molar-refractivity contribution < 1.29 is 14.8 Å². The van der Waals surface area contributed by atoms with Crippen LogP contribution >= 0.6 is 0 Å². The third kappa shape index (κ3) is 2.09. The van der Waals surface area contributed by atoms with E-state index in [9.17, 15) is 10.1 Å². The second-order valence-electron chi connectivity index (χ2n) is 3.53. The van der Waals surface area contributed by atoms with Crippen LogP contribution in [-0.2, 0) is 6.54 Å². The standard InChI is InChI=1S/C10H12N4O4/c1-2-18-10-5-7-8(6-9(10)14(16)17)13(3-4-15)12-11-7/h5-6,15H,2-4H2,1H3. The van der Waals surface area contributed by atoms with Crippen molar-refractivity contribution in [1.82, 2.24) is 15.0 Å². The summed E-state index contributed by atoms with van der Waals surface area (Å²) in [4.78, 5) is 10.4. The molecule has 0 aliphatic heterocycles. The van der Waals surface area contributed by atoms with Gasteiger partial charge in [0.2, 0.25) is 0 Å². The third-order valence-corrected chi connectivity index (χ3v) is 2.40. The summed E-state index contributed by atoms with van der Waals surface area (Å²) in [6.45, 7) is 2.20. The number of ether oxygens (including phenoxy) is 1. The molecule has 96 valence electrons. The normalized spacial score (nSPS) is 10.8. The van der Waals surface area contributed by atoms with Gasteiger partial charge in [0.25, 0.3) is 0 Å². The summed E-state index contributed by atoms with van der Waals surface area (Å²) in [5.74, 6) is 0.172. The zero-order valence-electron chi connectivity index (χ0n) is 9.74. The predicted octanol–water partition coefficient (Wildman–Crippen LogP) is 0.730. The number of nitrogens with zero attached hydrogens (tertiary/aromatic N) is 4. The van der Waals surface area contributed by atoms with Crippen LogP contribution in [0.25, 0.3) is 11.0 Å². The predicted molar refractivity (Wildman–Crippen MR) is 62.4 cm³/mol.